The Balaban J connectivity index is 0.000000169. The molecule has 0 spiro atoms. The minimum Gasteiger partial charge on any atom is -0.477 e. The summed E-state index contributed by atoms with van der Waals surface area (Å²) in [7, 11) is 0. The van der Waals surface area contributed by atoms with Crippen molar-refractivity contribution in [1.29, 1.82) is 0 Å². The Kier molecular flexibility index (Phi) is 8.96. The smallest absolute Gasteiger partial charge is 0.354 e. The first-order valence-electron chi connectivity index (χ1n) is 13.4. The molecule has 6 aromatic rings. The summed E-state index contributed by atoms with van der Waals surface area (Å²) in [6, 6.07) is 34.2. The van der Waals surface area contributed by atoms with Crippen molar-refractivity contribution in [3.63, 3.8) is 0 Å². The molecule has 0 unspecified atom stereocenters. The average Bonchev–Trinajstić information content (AvgIpc) is 3.53. The minimum absolute atomic E-state index is 0.283. The molecule has 0 aliphatic heterocycles. The highest BCUT2D eigenvalue weighted by Crippen LogP contribution is 2.24. The van der Waals surface area contributed by atoms with Crippen LogP contribution in [0.1, 0.15) is 39.0 Å². The van der Waals surface area contributed by atoms with Crippen molar-refractivity contribution in [3.05, 3.63) is 142 Å². The van der Waals surface area contributed by atoms with Gasteiger partial charge in [-0.2, -0.15) is 0 Å². The highest BCUT2D eigenvalue weighted by atomic mass is 35.5. The molecule has 4 aromatic carbocycles. The van der Waals surface area contributed by atoms with Crippen molar-refractivity contribution < 1.29 is 19.4 Å². The lowest BCUT2D eigenvalue weighted by Gasteiger charge is -2.10. The summed E-state index contributed by atoms with van der Waals surface area (Å²) in [5, 5.41) is 12.6. The molecule has 42 heavy (non-hydrogen) atoms. The van der Waals surface area contributed by atoms with Crippen molar-refractivity contribution in [2.45, 2.75) is 20.0 Å². The first-order chi connectivity index (χ1) is 20.3. The van der Waals surface area contributed by atoms with Gasteiger partial charge in [-0.25, -0.2) is 9.59 Å². The van der Waals surface area contributed by atoms with Crippen molar-refractivity contribution in [1.82, 2.24) is 9.13 Å². The fourth-order valence-electron chi connectivity index (χ4n) is 4.95. The van der Waals surface area contributed by atoms with E-state index in [0.29, 0.717) is 35.4 Å². The minimum atomic E-state index is -0.928. The van der Waals surface area contributed by atoms with Crippen LogP contribution in [-0.2, 0) is 17.8 Å². The van der Waals surface area contributed by atoms with E-state index in [-0.39, 0.29) is 11.7 Å². The predicted octanol–water partition coefficient (Wildman–Crippen LogP) is 8.56. The third-order valence-corrected chi connectivity index (χ3v) is 7.25. The van der Waals surface area contributed by atoms with Crippen molar-refractivity contribution >= 4 is 56.9 Å². The molecule has 6 nitrogen and oxygen atoms in total. The maximum absolute atomic E-state index is 12.2. The molecule has 0 bridgehead atoms. The summed E-state index contributed by atoms with van der Waals surface area (Å²) in [5.74, 6) is -1.23. The number of carbonyl (C=O) groups is 2. The van der Waals surface area contributed by atoms with E-state index in [0.717, 1.165) is 32.9 Å². The van der Waals surface area contributed by atoms with Crippen LogP contribution in [0.3, 0.4) is 0 Å². The SMILES string of the molecule is CCOC(=O)c1cc2ccccc2n1Cc1cccc(Cl)c1.O=C(O)c1cc2ccccc2n1Cc1cccc(Cl)c1. The zero-order valence-corrected chi connectivity index (χ0v) is 24.3. The highest BCUT2D eigenvalue weighted by molar-refractivity contribution is 6.30. The zero-order chi connectivity index (χ0) is 29.6. The number of carboxylic acid groups (broad SMARTS) is 1. The van der Waals surface area contributed by atoms with Crippen molar-refractivity contribution in [2.24, 2.45) is 0 Å². The molecule has 2 aromatic heterocycles. The van der Waals surface area contributed by atoms with Crippen LogP contribution in [0.25, 0.3) is 21.8 Å². The molecule has 0 saturated heterocycles. The van der Waals surface area contributed by atoms with Gasteiger partial charge in [0.05, 0.1) is 6.61 Å². The number of carboxylic acids is 1. The number of hydrogen-bond donors (Lipinski definition) is 1. The number of benzene rings is 4. The number of fused-ring (bicyclic) bond motifs is 2. The second-order valence-corrected chi connectivity index (χ2v) is 10.5. The number of carbonyl (C=O) groups excluding carboxylic acids is 1. The lowest BCUT2D eigenvalue weighted by molar-refractivity contribution is 0.0514. The Morgan fingerprint density at radius 2 is 1.14 bits per heavy atom. The molecular formula is C34H28Cl2N2O4. The Morgan fingerprint density at radius 3 is 1.62 bits per heavy atom. The summed E-state index contributed by atoms with van der Waals surface area (Å²) < 4.78 is 8.94. The van der Waals surface area contributed by atoms with Crippen LogP contribution in [0.4, 0.5) is 0 Å². The van der Waals surface area contributed by atoms with Gasteiger partial charge >= 0.3 is 11.9 Å². The summed E-state index contributed by atoms with van der Waals surface area (Å²) in [6.45, 7) is 3.22. The summed E-state index contributed by atoms with van der Waals surface area (Å²) in [5.41, 5.74) is 4.77. The molecule has 0 saturated carbocycles. The van der Waals surface area contributed by atoms with Crippen LogP contribution in [0.15, 0.2) is 109 Å². The lowest BCUT2D eigenvalue weighted by Crippen LogP contribution is -2.12. The van der Waals surface area contributed by atoms with Gasteiger partial charge in [0.25, 0.3) is 0 Å². The largest absolute Gasteiger partial charge is 0.477 e. The highest BCUT2D eigenvalue weighted by Gasteiger charge is 2.17. The van der Waals surface area contributed by atoms with E-state index in [1.807, 2.05) is 109 Å². The predicted molar refractivity (Wildman–Crippen MR) is 168 cm³/mol. The summed E-state index contributed by atoms with van der Waals surface area (Å²) in [4.78, 5) is 23.6. The number of aromatic nitrogens is 2. The van der Waals surface area contributed by atoms with Crippen molar-refractivity contribution in [3.8, 4) is 0 Å². The Bertz CT molecular complexity index is 1890. The monoisotopic (exact) mass is 598 g/mol. The molecule has 1 N–H and O–H groups in total. The standard InChI is InChI=1S/C18H16ClNO2.C16H12ClNO2/c1-2-22-18(21)17-11-14-7-3-4-9-16(14)20(17)12-13-6-5-8-15(19)10-13;17-13-6-3-4-11(8-13)10-18-14-7-2-1-5-12(14)9-15(18)16(19)20/h3-11H,2,12H2,1H3;1-9H,10H2,(H,19,20). The number of aromatic carboxylic acids is 1. The lowest BCUT2D eigenvalue weighted by atomic mass is 10.2. The summed E-state index contributed by atoms with van der Waals surface area (Å²) in [6.07, 6.45) is 0. The average molecular weight is 600 g/mol. The van der Waals surface area contributed by atoms with Crippen LogP contribution >= 0.6 is 23.2 Å². The third-order valence-electron chi connectivity index (χ3n) is 6.78. The molecule has 0 radical (unpaired) electrons. The molecule has 0 atom stereocenters. The maximum Gasteiger partial charge on any atom is 0.354 e. The number of ether oxygens (including phenoxy) is 1. The topological polar surface area (TPSA) is 73.5 Å². The van der Waals surface area contributed by atoms with E-state index >= 15 is 0 Å². The number of rotatable bonds is 7. The van der Waals surface area contributed by atoms with Gasteiger partial charge in [0.15, 0.2) is 0 Å². The number of nitrogens with zero attached hydrogens (tertiary/aromatic N) is 2. The van der Waals surface area contributed by atoms with Gasteiger partial charge in [0.2, 0.25) is 0 Å². The number of halogens is 2. The molecule has 0 fully saturated rings. The summed E-state index contributed by atoms with van der Waals surface area (Å²) >= 11 is 12.0. The van der Waals surface area contributed by atoms with Gasteiger partial charge < -0.3 is 19.0 Å². The fraction of sp³-hybridized carbons (Fsp3) is 0.118. The maximum atomic E-state index is 12.2. The molecule has 212 valence electrons. The molecular weight excluding hydrogens is 571 g/mol. The Hall–Kier alpha value is -4.52. The number of esters is 1. The molecule has 0 aliphatic carbocycles. The zero-order valence-electron chi connectivity index (χ0n) is 22.8. The fourth-order valence-corrected chi connectivity index (χ4v) is 5.37. The van der Waals surface area contributed by atoms with Gasteiger partial charge in [-0.05, 0) is 66.6 Å². The van der Waals surface area contributed by atoms with E-state index in [1.165, 1.54) is 0 Å². The molecule has 8 heteroatoms. The molecule has 0 amide bonds. The molecule has 2 heterocycles. The van der Waals surface area contributed by atoms with Crippen LogP contribution in [-0.4, -0.2) is 32.8 Å². The van der Waals surface area contributed by atoms with E-state index in [4.69, 9.17) is 27.9 Å². The van der Waals surface area contributed by atoms with E-state index < -0.39 is 5.97 Å². The number of hydrogen-bond acceptors (Lipinski definition) is 3. The second-order valence-electron chi connectivity index (χ2n) is 9.63. The van der Waals surface area contributed by atoms with Crippen LogP contribution in [0, 0.1) is 0 Å². The third kappa shape index (κ3) is 6.51. The normalized spacial score (nSPS) is 10.8. The van der Waals surface area contributed by atoms with Gasteiger partial charge in [0.1, 0.15) is 11.4 Å². The van der Waals surface area contributed by atoms with Gasteiger partial charge in [-0.1, -0.05) is 83.9 Å². The van der Waals surface area contributed by atoms with Gasteiger partial charge in [-0.3, -0.25) is 0 Å². The van der Waals surface area contributed by atoms with E-state index in [9.17, 15) is 14.7 Å². The van der Waals surface area contributed by atoms with Gasteiger partial charge in [0, 0.05) is 44.9 Å². The first-order valence-corrected chi connectivity index (χ1v) is 14.2. The van der Waals surface area contributed by atoms with Crippen LogP contribution in [0.2, 0.25) is 10.0 Å². The Labute approximate surface area is 253 Å². The first kappa shape index (κ1) is 29.0. The van der Waals surface area contributed by atoms with Crippen molar-refractivity contribution in [2.75, 3.05) is 6.61 Å². The quantitative estimate of drug-likeness (QED) is 0.187. The second kappa shape index (κ2) is 13.0. The van der Waals surface area contributed by atoms with E-state index in [2.05, 4.69) is 0 Å². The van der Waals surface area contributed by atoms with Gasteiger partial charge in [-0.15, -0.1) is 0 Å². The van der Waals surface area contributed by atoms with Crippen LogP contribution in [0.5, 0.6) is 0 Å². The number of para-hydroxylation sites is 2. The Morgan fingerprint density at radius 1 is 0.667 bits per heavy atom. The molecule has 6 rings (SSSR count). The molecule has 0 aliphatic rings. The van der Waals surface area contributed by atoms with Crippen LogP contribution < -0.4 is 0 Å². The van der Waals surface area contributed by atoms with E-state index in [1.54, 1.807) is 16.7 Å².